The van der Waals surface area contributed by atoms with Crippen molar-refractivity contribution >= 4 is 5.82 Å². The molecule has 0 aliphatic heterocycles. The zero-order valence-corrected chi connectivity index (χ0v) is 12.0. The monoisotopic (exact) mass is 267 g/mol. The molecule has 104 valence electrons. The summed E-state index contributed by atoms with van der Waals surface area (Å²) in [6.07, 6.45) is 5.79. The van der Waals surface area contributed by atoms with E-state index in [2.05, 4.69) is 24.4 Å². The maximum atomic E-state index is 4.80. The number of anilines is 1. The fourth-order valence-electron chi connectivity index (χ4n) is 2.70. The minimum Gasteiger partial charge on any atom is -0.370 e. The van der Waals surface area contributed by atoms with Gasteiger partial charge in [-0.3, -0.25) is 0 Å². The molecule has 0 fully saturated rings. The zero-order chi connectivity index (χ0) is 13.8. The Bertz CT molecular complexity index is 578. The first-order valence-corrected chi connectivity index (χ1v) is 7.57. The van der Waals surface area contributed by atoms with Crippen LogP contribution in [0.25, 0.3) is 11.4 Å². The highest BCUT2D eigenvalue weighted by molar-refractivity contribution is 5.60. The van der Waals surface area contributed by atoms with Crippen LogP contribution in [0.15, 0.2) is 30.3 Å². The van der Waals surface area contributed by atoms with Gasteiger partial charge < -0.3 is 5.32 Å². The Morgan fingerprint density at radius 2 is 1.85 bits per heavy atom. The number of benzene rings is 1. The Morgan fingerprint density at radius 1 is 1.05 bits per heavy atom. The summed E-state index contributed by atoms with van der Waals surface area (Å²) in [5.74, 6) is 1.90. The Kier molecular flexibility index (Phi) is 3.95. The standard InChI is InChI=1S/C17H21N3/c1-2-12-18-17-14-10-6-7-11-15(14)19-16(20-17)13-8-4-3-5-9-13/h3-5,8-9H,2,6-7,10-12H2,1H3,(H,18,19,20). The van der Waals surface area contributed by atoms with E-state index in [0.29, 0.717) is 0 Å². The minimum absolute atomic E-state index is 0.852. The molecule has 1 aromatic carbocycles. The van der Waals surface area contributed by atoms with Gasteiger partial charge >= 0.3 is 0 Å². The topological polar surface area (TPSA) is 37.8 Å². The highest BCUT2D eigenvalue weighted by Gasteiger charge is 2.18. The number of fused-ring (bicyclic) bond motifs is 1. The van der Waals surface area contributed by atoms with Gasteiger partial charge in [0.05, 0.1) is 0 Å². The predicted octanol–water partition coefficient (Wildman–Crippen LogP) is 3.84. The van der Waals surface area contributed by atoms with Crippen molar-refractivity contribution in [2.75, 3.05) is 11.9 Å². The second-order valence-electron chi connectivity index (χ2n) is 5.32. The van der Waals surface area contributed by atoms with Crippen molar-refractivity contribution in [1.29, 1.82) is 0 Å². The molecule has 0 spiro atoms. The van der Waals surface area contributed by atoms with Gasteiger partial charge in [0.2, 0.25) is 0 Å². The quantitative estimate of drug-likeness (QED) is 0.914. The Balaban J connectivity index is 2.03. The largest absolute Gasteiger partial charge is 0.370 e. The van der Waals surface area contributed by atoms with Crippen LogP contribution >= 0.6 is 0 Å². The highest BCUT2D eigenvalue weighted by Crippen LogP contribution is 2.28. The van der Waals surface area contributed by atoms with Crippen molar-refractivity contribution in [1.82, 2.24) is 9.97 Å². The normalized spacial score (nSPS) is 13.8. The summed E-state index contributed by atoms with van der Waals surface area (Å²) in [5.41, 5.74) is 3.67. The first-order chi connectivity index (χ1) is 9.88. The van der Waals surface area contributed by atoms with Crippen molar-refractivity contribution in [3.63, 3.8) is 0 Å². The molecule has 1 aliphatic rings. The molecule has 1 heterocycles. The van der Waals surface area contributed by atoms with E-state index in [4.69, 9.17) is 9.97 Å². The van der Waals surface area contributed by atoms with Crippen LogP contribution < -0.4 is 5.32 Å². The second kappa shape index (κ2) is 6.04. The Labute approximate surface area is 120 Å². The van der Waals surface area contributed by atoms with E-state index in [-0.39, 0.29) is 0 Å². The molecule has 0 amide bonds. The molecule has 2 aromatic rings. The smallest absolute Gasteiger partial charge is 0.161 e. The van der Waals surface area contributed by atoms with Gasteiger partial charge in [0.1, 0.15) is 5.82 Å². The summed E-state index contributed by atoms with van der Waals surface area (Å²) < 4.78 is 0. The predicted molar refractivity (Wildman–Crippen MR) is 82.9 cm³/mol. The summed E-state index contributed by atoms with van der Waals surface area (Å²) in [5, 5.41) is 3.48. The molecule has 20 heavy (non-hydrogen) atoms. The molecule has 1 aliphatic carbocycles. The molecule has 0 unspecified atom stereocenters. The summed E-state index contributed by atoms with van der Waals surface area (Å²) in [4.78, 5) is 9.57. The average molecular weight is 267 g/mol. The van der Waals surface area contributed by atoms with Crippen molar-refractivity contribution in [3.05, 3.63) is 41.6 Å². The van der Waals surface area contributed by atoms with E-state index in [9.17, 15) is 0 Å². The third kappa shape index (κ3) is 2.67. The molecule has 0 bridgehead atoms. The fraction of sp³-hybridized carbons (Fsp3) is 0.412. The van der Waals surface area contributed by atoms with E-state index in [1.165, 1.54) is 24.1 Å². The first-order valence-electron chi connectivity index (χ1n) is 7.57. The summed E-state index contributed by atoms with van der Waals surface area (Å²) >= 11 is 0. The number of hydrogen-bond donors (Lipinski definition) is 1. The van der Waals surface area contributed by atoms with Crippen molar-refractivity contribution in [2.45, 2.75) is 39.0 Å². The van der Waals surface area contributed by atoms with Crippen LogP contribution in [-0.4, -0.2) is 16.5 Å². The lowest BCUT2D eigenvalue weighted by Gasteiger charge is -2.19. The van der Waals surface area contributed by atoms with Crippen LogP contribution in [0.3, 0.4) is 0 Å². The van der Waals surface area contributed by atoms with Gasteiger partial charge in [-0.1, -0.05) is 37.3 Å². The average Bonchev–Trinajstić information content (AvgIpc) is 2.53. The van der Waals surface area contributed by atoms with Gasteiger partial charge in [-0.15, -0.1) is 0 Å². The maximum Gasteiger partial charge on any atom is 0.161 e. The van der Waals surface area contributed by atoms with Crippen LogP contribution in [0.5, 0.6) is 0 Å². The number of nitrogens with zero attached hydrogens (tertiary/aromatic N) is 2. The van der Waals surface area contributed by atoms with Crippen LogP contribution in [-0.2, 0) is 12.8 Å². The number of hydrogen-bond acceptors (Lipinski definition) is 3. The Hall–Kier alpha value is -1.90. The fourth-order valence-corrected chi connectivity index (χ4v) is 2.70. The van der Waals surface area contributed by atoms with E-state index >= 15 is 0 Å². The van der Waals surface area contributed by atoms with E-state index in [0.717, 1.165) is 43.0 Å². The number of rotatable bonds is 4. The SMILES string of the molecule is CCCNc1nc(-c2ccccc2)nc2c1CCCC2. The lowest BCUT2D eigenvalue weighted by molar-refractivity contribution is 0.664. The molecule has 3 rings (SSSR count). The minimum atomic E-state index is 0.852. The van der Waals surface area contributed by atoms with Crippen molar-refractivity contribution in [2.24, 2.45) is 0 Å². The van der Waals surface area contributed by atoms with E-state index in [1.54, 1.807) is 0 Å². The second-order valence-corrected chi connectivity index (χ2v) is 5.32. The highest BCUT2D eigenvalue weighted by atomic mass is 15.0. The number of aryl methyl sites for hydroxylation is 1. The first kappa shape index (κ1) is 13.1. The van der Waals surface area contributed by atoms with Gasteiger partial charge in [-0.05, 0) is 32.1 Å². The van der Waals surface area contributed by atoms with E-state index < -0.39 is 0 Å². The van der Waals surface area contributed by atoms with Crippen LogP contribution in [0, 0.1) is 0 Å². The third-order valence-corrected chi connectivity index (χ3v) is 3.76. The number of aromatic nitrogens is 2. The molecule has 0 saturated heterocycles. The van der Waals surface area contributed by atoms with Crippen LogP contribution in [0.1, 0.15) is 37.4 Å². The van der Waals surface area contributed by atoms with E-state index in [1.807, 2.05) is 18.2 Å². The van der Waals surface area contributed by atoms with Gasteiger partial charge in [-0.2, -0.15) is 0 Å². The van der Waals surface area contributed by atoms with Crippen molar-refractivity contribution < 1.29 is 0 Å². The lowest BCUT2D eigenvalue weighted by Crippen LogP contribution is -2.14. The molecular weight excluding hydrogens is 246 g/mol. The molecule has 1 N–H and O–H groups in total. The summed E-state index contributed by atoms with van der Waals surface area (Å²) in [6.45, 7) is 3.15. The maximum absolute atomic E-state index is 4.80. The summed E-state index contributed by atoms with van der Waals surface area (Å²) in [6, 6.07) is 10.3. The summed E-state index contributed by atoms with van der Waals surface area (Å²) in [7, 11) is 0. The molecule has 0 atom stereocenters. The molecule has 3 heteroatoms. The molecule has 0 saturated carbocycles. The van der Waals surface area contributed by atoms with Crippen LogP contribution in [0.4, 0.5) is 5.82 Å². The molecule has 3 nitrogen and oxygen atoms in total. The molecule has 1 aromatic heterocycles. The van der Waals surface area contributed by atoms with Gasteiger partial charge in [0.25, 0.3) is 0 Å². The van der Waals surface area contributed by atoms with Gasteiger partial charge in [0.15, 0.2) is 5.82 Å². The van der Waals surface area contributed by atoms with Crippen LogP contribution in [0.2, 0.25) is 0 Å². The van der Waals surface area contributed by atoms with Gasteiger partial charge in [0, 0.05) is 23.4 Å². The number of nitrogens with one attached hydrogen (secondary N) is 1. The Morgan fingerprint density at radius 3 is 2.65 bits per heavy atom. The zero-order valence-electron chi connectivity index (χ0n) is 12.0. The molecule has 0 radical (unpaired) electrons. The third-order valence-electron chi connectivity index (χ3n) is 3.76. The van der Waals surface area contributed by atoms with Gasteiger partial charge in [-0.25, -0.2) is 9.97 Å². The molecular formula is C17H21N3. The van der Waals surface area contributed by atoms with Crippen molar-refractivity contribution in [3.8, 4) is 11.4 Å². The lowest BCUT2D eigenvalue weighted by atomic mass is 9.96.